The maximum absolute atomic E-state index is 11.8. The number of para-hydroxylation sites is 2. The molecule has 6 heteroatoms. The second kappa shape index (κ2) is 9.70. The van der Waals surface area contributed by atoms with Gasteiger partial charge in [0.15, 0.2) is 11.5 Å². The fourth-order valence-electron chi connectivity index (χ4n) is 6.97. The molecule has 1 saturated heterocycles. The number of carbonyl (C=O) groups excluding carboxylic acids is 1. The SMILES string of the molecule is CC(=O)O[C@@H]1C[C@@]2(O)[C@H](C)CC[C@@H](C(C)CN3CCC(c4nc5ccccc5o4)CC3)[C@H]2C=C1C. The number of hydrogen-bond donors (Lipinski definition) is 1. The average Bonchev–Trinajstić information content (AvgIpc) is 3.26. The molecule has 1 aromatic heterocycles. The molecular weight excluding hydrogens is 440 g/mol. The predicted octanol–water partition coefficient (Wildman–Crippen LogP) is 5.32. The molecular formula is C29H40N2O4. The third kappa shape index (κ3) is 4.79. The Morgan fingerprint density at radius 2 is 2.00 bits per heavy atom. The van der Waals surface area contributed by atoms with E-state index in [2.05, 4.69) is 24.8 Å². The van der Waals surface area contributed by atoms with Gasteiger partial charge in [0.2, 0.25) is 0 Å². The molecule has 190 valence electrons. The minimum Gasteiger partial charge on any atom is -0.458 e. The van der Waals surface area contributed by atoms with Gasteiger partial charge in [-0.3, -0.25) is 4.79 Å². The maximum atomic E-state index is 11.8. The zero-order chi connectivity index (χ0) is 24.7. The summed E-state index contributed by atoms with van der Waals surface area (Å²) < 4.78 is 11.6. The topological polar surface area (TPSA) is 75.8 Å². The van der Waals surface area contributed by atoms with Crippen LogP contribution in [0, 0.1) is 23.7 Å². The Morgan fingerprint density at radius 3 is 2.71 bits per heavy atom. The molecule has 3 aliphatic rings. The number of benzene rings is 1. The van der Waals surface area contributed by atoms with Gasteiger partial charge in [0.25, 0.3) is 0 Å². The maximum Gasteiger partial charge on any atom is 0.303 e. The number of piperidine rings is 1. The first-order valence-electron chi connectivity index (χ1n) is 13.4. The van der Waals surface area contributed by atoms with Crippen LogP contribution in [0.2, 0.25) is 0 Å². The van der Waals surface area contributed by atoms with Crippen LogP contribution in [0.25, 0.3) is 11.1 Å². The minimum atomic E-state index is -0.809. The Bertz CT molecular complexity index is 1050. The Hall–Kier alpha value is -2.18. The highest BCUT2D eigenvalue weighted by Gasteiger charge is 2.52. The van der Waals surface area contributed by atoms with Gasteiger partial charge in [-0.15, -0.1) is 0 Å². The third-order valence-corrected chi connectivity index (χ3v) is 9.12. The number of fused-ring (bicyclic) bond motifs is 2. The first-order chi connectivity index (χ1) is 16.7. The molecule has 0 bridgehead atoms. The van der Waals surface area contributed by atoms with Crippen molar-refractivity contribution in [2.75, 3.05) is 19.6 Å². The highest BCUT2D eigenvalue weighted by Crippen LogP contribution is 2.51. The quantitative estimate of drug-likeness (QED) is 0.461. The predicted molar refractivity (Wildman–Crippen MR) is 136 cm³/mol. The lowest BCUT2D eigenvalue weighted by Crippen LogP contribution is -2.56. The highest BCUT2D eigenvalue weighted by atomic mass is 16.5. The summed E-state index contributed by atoms with van der Waals surface area (Å²) in [5, 5.41) is 11.8. The minimum absolute atomic E-state index is 0.116. The van der Waals surface area contributed by atoms with Crippen LogP contribution in [0.4, 0.5) is 0 Å². The molecule has 0 amide bonds. The summed E-state index contributed by atoms with van der Waals surface area (Å²) in [5.74, 6) is 2.22. The Morgan fingerprint density at radius 1 is 1.26 bits per heavy atom. The lowest BCUT2D eigenvalue weighted by molar-refractivity contribution is -0.159. The van der Waals surface area contributed by atoms with Crippen molar-refractivity contribution in [3.63, 3.8) is 0 Å². The second-order valence-corrected chi connectivity index (χ2v) is 11.4. The smallest absolute Gasteiger partial charge is 0.303 e. The van der Waals surface area contributed by atoms with Crippen molar-refractivity contribution in [3.05, 3.63) is 41.8 Å². The van der Waals surface area contributed by atoms with Crippen LogP contribution in [0.5, 0.6) is 0 Å². The van der Waals surface area contributed by atoms with Gasteiger partial charge in [0.1, 0.15) is 11.6 Å². The summed E-state index contributed by atoms with van der Waals surface area (Å²) in [6, 6.07) is 8.00. The van der Waals surface area contributed by atoms with Gasteiger partial charge < -0.3 is 19.2 Å². The van der Waals surface area contributed by atoms with E-state index in [9.17, 15) is 9.90 Å². The summed E-state index contributed by atoms with van der Waals surface area (Å²) in [5.41, 5.74) is 2.10. The van der Waals surface area contributed by atoms with Crippen LogP contribution in [0.1, 0.15) is 71.6 Å². The molecule has 0 spiro atoms. The van der Waals surface area contributed by atoms with Crippen molar-refractivity contribution in [2.45, 2.75) is 77.4 Å². The van der Waals surface area contributed by atoms with Crippen molar-refractivity contribution in [1.82, 2.24) is 9.88 Å². The van der Waals surface area contributed by atoms with Crippen LogP contribution in [-0.4, -0.2) is 52.3 Å². The fraction of sp³-hybridized carbons (Fsp3) is 0.655. The van der Waals surface area contributed by atoms with Crippen molar-refractivity contribution in [2.24, 2.45) is 23.7 Å². The van der Waals surface area contributed by atoms with Crippen LogP contribution in [0.15, 0.2) is 40.3 Å². The van der Waals surface area contributed by atoms with Crippen molar-refractivity contribution >= 4 is 17.1 Å². The summed E-state index contributed by atoms with van der Waals surface area (Å²) in [7, 11) is 0. The van der Waals surface area contributed by atoms with Crippen LogP contribution in [0.3, 0.4) is 0 Å². The van der Waals surface area contributed by atoms with E-state index in [0.717, 1.165) is 67.9 Å². The zero-order valence-electron chi connectivity index (χ0n) is 21.6. The number of rotatable bonds is 5. The number of aromatic nitrogens is 1. The van der Waals surface area contributed by atoms with Gasteiger partial charge in [0, 0.05) is 31.7 Å². The molecule has 1 aromatic carbocycles. The molecule has 1 N–H and O–H groups in total. The van der Waals surface area contributed by atoms with Gasteiger partial charge in [-0.1, -0.05) is 32.1 Å². The van der Waals surface area contributed by atoms with Gasteiger partial charge in [0.05, 0.1) is 5.60 Å². The summed E-state index contributed by atoms with van der Waals surface area (Å²) >= 11 is 0. The van der Waals surface area contributed by atoms with Gasteiger partial charge in [-0.05, 0) is 81.2 Å². The van der Waals surface area contributed by atoms with E-state index in [0.29, 0.717) is 24.2 Å². The number of nitrogens with zero attached hydrogens (tertiary/aromatic N) is 2. The number of carbonyl (C=O) groups is 1. The normalized spacial score (nSPS) is 33.2. The molecule has 2 aliphatic carbocycles. The molecule has 1 saturated carbocycles. The largest absolute Gasteiger partial charge is 0.458 e. The van der Waals surface area contributed by atoms with E-state index in [1.54, 1.807) is 0 Å². The molecule has 1 unspecified atom stereocenters. The molecule has 2 fully saturated rings. The third-order valence-electron chi connectivity index (χ3n) is 9.12. The molecule has 0 radical (unpaired) electrons. The van der Waals surface area contributed by atoms with Crippen LogP contribution < -0.4 is 0 Å². The first-order valence-corrected chi connectivity index (χ1v) is 13.4. The van der Waals surface area contributed by atoms with E-state index < -0.39 is 5.60 Å². The Labute approximate surface area is 208 Å². The highest BCUT2D eigenvalue weighted by molar-refractivity contribution is 5.72. The Kier molecular flexibility index (Phi) is 6.79. The van der Waals surface area contributed by atoms with Crippen LogP contribution >= 0.6 is 0 Å². The monoisotopic (exact) mass is 480 g/mol. The van der Waals surface area contributed by atoms with E-state index in [1.165, 1.54) is 6.92 Å². The van der Waals surface area contributed by atoms with E-state index in [4.69, 9.17) is 14.1 Å². The zero-order valence-corrected chi connectivity index (χ0v) is 21.6. The molecule has 2 heterocycles. The standard InChI is InChI=1S/C29H40N2O4/c1-18-15-24-23(10-9-20(3)29(24,33)16-27(18)34-21(4)32)19(2)17-31-13-11-22(12-14-31)28-30-25-7-5-6-8-26(25)35-28/h5-8,15,19-20,22-24,27,33H,9-14,16-17H2,1-4H3/t19?,20-,23+,24-,27-,29-/m1/s1. The van der Waals surface area contributed by atoms with Crippen molar-refractivity contribution < 1.29 is 19.1 Å². The van der Waals surface area contributed by atoms with Crippen LogP contribution in [-0.2, 0) is 9.53 Å². The number of hydrogen-bond acceptors (Lipinski definition) is 6. The summed E-state index contributed by atoms with van der Waals surface area (Å²) in [6.07, 6.45) is 6.72. The van der Waals surface area contributed by atoms with Gasteiger partial charge in [-0.25, -0.2) is 4.98 Å². The van der Waals surface area contributed by atoms with E-state index >= 15 is 0 Å². The average molecular weight is 481 g/mol. The number of ether oxygens (including phenoxy) is 1. The number of oxazole rings is 1. The molecule has 6 atom stereocenters. The van der Waals surface area contributed by atoms with Gasteiger partial charge >= 0.3 is 5.97 Å². The molecule has 6 nitrogen and oxygen atoms in total. The summed E-state index contributed by atoms with van der Waals surface area (Å²) in [4.78, 5) is 18.9. The van der Waals surface area contributed by atoms with Crippen molar-refractivity contribution in [1.29, 1.82) is 0 Å². The molecule has 35 heavy (non-hydrogen) atoms. The van der Waals surface area contributed by atoms with E-state index in [-0.39, 0.29) is 23.9 Å². The Balaban J connectivity index is 1.23. The van der Waals surface area contributed by atoms with Gasteiger partial charge in [-0.2, -0.15) is 0 Å². The number of esters is 1. The lowest BCUT2D eigenvalue weighted by atomic mass is 9.57. The number of aliphatic hydroxyl groups is 1. The van der Waals surface area contributed by atoms with E-state index in [1.807, 2.05) is 31.2 Å². The lowest BCUT2D eigenvalue weighted by Gasteiger charge is -2.53. The molecule has 5 rings (SSSR count). The number of likely N-dealkylation sites (tertiary alicyclic amines) is 1. The summed E-state index contributed by atoms with van der Waals surface area (Å²) in [6.45, 7) is 11.2. The molecule has 1 aliphatic heterocycles. The molecule has 2 aromatic rings. The second-order valence-electron chi connectivity index (χ2n) is 11.4. The first kappa shape index (κ1) is 24.5. The van der Waals surface area contributed by atoms with Crippen molar-refractivity contribution in [3.8, 4) is 0 Å². The fourth-order valence-corrected chi connectivity index (χ4v) is 6.97.